The molecule has 0 saturated heterocycles. The van der Waals surface area contributed by atoms with Gasteiger partial charge in [0.15, 0.2) is 5.11 Å². The van der Waals surface area contributed by atoms with E-state index in [0.717, 1.165) is 12.1 Å². The van der Waals surface area contributed by atoms with Gasteiger partial charge in [-0.3, -0.25) is 0 Å². The van der Waals surface area contributed by atoms with E-state index >= 15 is 0 Å². The number of thioether (sulfide) groups is 1. The van der Waals surface area contributed by atoms with Crippen LogP contribution in [0.5, 0.6) is 0 Å². The summed E-state index contributed by atoms with van der Waals surface area (Å²) in [5.74, 6) is -2.39. The minimum atomic E-state index is -2.39. The number of hydrogen-bond acceptors (Lipinski definition) is 2. The van der Waals surface area contributed by atoms with Gasteiger partial charge in [-0.2, -0.15) is 8.78 Å². The van der Waals surface area contributed by atoms with E-state index in [9.17, 15) is 8.78 Å². The van der Waals surface area contributed by atoms with Crippen LogP contribution in [0.3, 0.4) is 0 Å². The molecule has 0 saturated carbocycles. The van der Waals surface area contributed by atoms with Crippen molar-refractivity contribution in [2.24, 2.45) is 0 Å². The van der Waals surface area contributed by atoms with Crippen molar-refractivity contribution in [3.05, 3.63) is 24.3 Å². The van der Waals surface area contributed by atoms with Gasteiger partial charge in [0.2, 0.25) is 0 Å². The first kappa shape index (κ1) is 15.2. The highest BCUT2D eigenvalue weighted by Crippen LogP contribution is 2.26. The first-order valence-corrected chi connectivity index (χ1v) is 6.92. The maximum Gasteiger partial charge on any atom is 0.288 e. The van der Waals surface area contributed by atoms with Crippen molar-refractivity contribution in [3.8, 4) is 0 Å². The fourth-order valence-electron chi connectivity index (χ4n) is 1.21. The van der Waals surface area contributed by atoms with Crippen LogP contribution in [0, 0.1) is 0 Å². The number of nitrogens with one attached hydrogen (secondary N) is 2. The van der Waals surface area contributed by atoms with Gasteiger partial charge in [0.1, 0.15) is 0 Å². The van der Waals surface area contributed by atoms with Crippen molar-refractivity contribution in [2.45, 2.75) is 37.0 Å². The van der Waals surface area contributed by atoms with E-state index in [1.807, 2.05) is 6.92 Å². The summed E-state index contributed by atoms with van der Waals surface area (Å²) in [5, 5.41) is 6.67. The Bertz CT molecular complexity index is 382. The molecule has 0 unspecified atom stereocenters. The molecule has 1 aromatic carbocycles. The second-order valence-corrected chi connectivity index (χ2v) is 5.28. The molecule has 18 heavy (non-hydrogen) atoms. The van der Waals surface area contributed by atoms with Crippen LogP contribution in [-0.4, -0.2) is 16.9 Å². The zero-order valence-electron chi connectivity index (χ0n) is 10.2. The zero-order chi connectivity index (χ0) is 13.5. The highest BCUT2D eigenvalue weighted by Gasteiger charge is 2.05. The van der Waals surface area contributed by atoms with Crippen molar-refractivity contribution in [3.63, 3.8) is 0 Å². The lowest BCUT2D eigenvalue weighted by Gasteiger charge is -2.15. The van der Waals surface area contributed by atoms with Gasteiger partial charge in [0.25, 0.3) is 5.76 Å². The third-order valence-electron chi connectivity index (χ3n) is 2.33. The average molecular weight is 290 g/mol. The molecule has 0 aliphatic carbocycles. The lowest BCUT2D eigenvalue weighted by Crippen LogP contribution is -2.35. The second-order valence-electron chi connectivity index (χ2n) is 3.81. The van der Waals surface area contributed by atoms with Gasteiger partial charge in [0, 0.05) is 16.6 Å². The third-order valence-corrected chi connectivity index (χ3v) is 3.27. The van der Waals surface area contributed by atoms with Gasteiger partial charge >= 0.3 is 0 Å². The van der Waals surface area contributed by atoms with Crippen LogP contribution in [0.15, 0.2) is 29.2 Å². The molecule has 0 aliphatic rings. The Kier molecular flexibility index (Phi) is 6.35. The summed E-state index contributed by atoms with van der Waals surface area (Å²) >= 11 is 5.66. The second kappa shape index (κ2) is 7.53. The molecule has 0 bridgehead atoms. The summed E-state index contributed by atoms with van der Waals surface area (Å²) in [6, 6.07) is 7.05. The van der Waals surface area contributed by atoms with Gasteiger partial charge in [-0.25, -0.2) is 0 Å². The summed E-state index contributed by atoms with van der Waals surface area (Å²) < 4.78 is 24.3. The Hall–Kier alpha value is -0.880. The zero-order valence-corrected chi connectivity index (χ0v) is 11.9. The van der Waals surface area contributed by atoms with Crippen molar-refractivity contribution in [1.82, 2.24) is 5.32 Å². The Morgan fingerprint density at radius 3 is 2.44 bits per heavy atom. The average Bonchev–Trinajstić information content (AvgIpc) is 2.30. The van der Waals surface area contributed by atoms with E-state index in [1.165, 1.54) is 0 Å². The summed E-state index contributed by atoms with van der Waals surface area (Å²) in [4.78, 5) is 0.538. The van der Waals surface area contributed by atoms with E-state index in [1.54, 1.807) is 24.3 Å². The number of hydrogen-bond donors (Lipinski definition) is 2. The molecule has 0 heterocycles. The predicted octanol–water partition coefficient (Wildman–Crippen LogP) is 4.09. The Morgan fingerprint density at radius 2 is 1.94 bits per heavy atom. The summed E-state index contributed by atoms with van der Waals surface area (Å²) in [6.07, 6.45) is 0.978. The quantitative estimate of drug-likeness (QED) is 0.630. The van der Waals surface area contributed by atoms with Crippen LogP contribution in [0.2, 0.25) is 0 Å². The van der Waals surface area contributed by atoms with Gasteiger partial charge in [-0.1, -0.05) is 18.7 Å². The molecule has 0 fully saturated rings. The largest absolute Gasteiger partial charge is 0.360 e. The van der Waals surface area contributed by atoms with Crippen LogP contribution in [0.1, 0.15) is 20.3 Å². The third kappa shape index (κ3) is 5.64. The van der Waals surface area contributed by atoms with E-state index < -0.39 is 5.76 Å². The van der Waals surface area contributed by atoms with Crippen LogP contribution in [0.25, 0.3) is 0 Å². The highest BCUT2D eigenvalue weighted by molar-refractivity contribution is 7.99. The fourth-order valence-corrected chi connectivity index (χ4v) is 2.03. The molecule has 6 heteroatoms. The lowest BCUT2D eigenvalue weighted by molar-refractivity contribution is 0.252. The minimum absolute atomic E-state index is 0.304. The van der Waals surface area contributed by atoms with Crippen LogP contribution >= 0.6 is 24.0 Å². The molecule has 1 atom stereocenters. The van der Waals surface area contributed by atoms with Gasteiger partial charge in [-0.15, -0.1) is 0 Å². The van der Waals surface area contributed by atoms with Crippen LogP contribution in [0.4, 0.5) is 14.5 Å². The summed E-state index contributed by atoms with van der Waals surface area (Å²) in [5.41, 5.74) is 0.786. The van der Waals surface area contributed by atoms with Gasteiger partial charge in [-0.05, 0) is 49.8 Å². The molecule has 0 spiro atoms. The topological polar surface area (TPSA) is 24.1 Å². The number of rotatable bonds is 5. The smallest absolute Gasteiger partial charge is 0.288 e. The van der Waals surface area contributed by atoms with Crippen LogP contribution in [-0.2, 0) is 0 Å². The van der Waals surface area contributed by atoms with E-state index in [-0.39, 0.29) is 0 Å². The van der Waals surface area contributed by atoms with E-state index in [4.69, 9.17) is 12.2 Å². The predicted molar refractivity (Wildman–Crippen MR) is 77.4 cm³/mol. The van der Waals surface area contributed by atoms with Gasteiger partial charge in [0.05, 0.1) is 0 Å². The molecule has 0 aliphatic heterocycles. The van der Waals surface area contributed by atoms with E-state index in [0.29, 0.717) is 27.8 Å². The molecule has 2 nitrogen and oxygen atoms in total. The number of thiocarbonyl (C=S) groups is 1. The number of benzene rings is 1. The summed E-state index contributed by atoms with van der Waals surface area (Å²) in [7, 11) is 0. The first-order valence-electron chi connectivity index (χ1n) is 5.63. The number of halogens is 2. The Morgan fingerprint density at radius 1 is 1.33 bits per heavy atom. The number of anilines is 1. The maximum atomic E-state index is 12.1. The van der Waals surface area contributed by atoms with Gasteiger partial charge < -0.3 is 10.6 Å². The SMILES string of the molecule is CC[C@H](C)NC(=S)Nc1ccc(SC(F)F)cc1. The van der Waals surface area contributed by atoms with Crippen LogP contribution < -0.4 is 10.6 Å². The first-order chi connectivity index (χ1) is 8.51. The number of alkyl halides is 2. The van der Waals surface area contributed by atoms with Crippen molar-refractivity contribution in [1.29, 1.82) is 0 Å². The molecular weight excluding hydrogens is 274 g/mol. The van der Waals surface area contributed by atoms with Crippen molar-refractivity contribution < 1.29 is 8.78 Å². The van der Waals surface area contributed by atoms with Crippen molar-refractivity contribution in [2.75, 3.05) is 5.32 Å². The highest BCUT2D eigenvalue weighted by atomic mass is 32.2. The monoisotopic (exact) mass is 290 g/mol. The molecule has 2 N–H and O–H groups in total. The molecule has 0 aromatic heterocycles. The summed E-state index contributed by atoms with van der Waals surface area (Å²) in [6.45, 7) is 4.10. The maximum absolute atomic E-state index is 12.1. The van der Waals surface area contributed by atoms with Crippen molar-refractivity contribution >= 4 is 34.8 Å². The minimum Gasteiger partial charge on any atom is -0.360 e. The lowest BCUT2D eigenvalue weighted by atomic mass is 10.3. The molecule has 0 radical (unpaired) electrons. The Labute approximate surface area is 116 Å². The normalized spacial score (nSPS) is 12.3. The van der Waals surface area contributed by atoms with E-state index in [2.05, 4.69) is 17.6 Å². The molecule has 100 valence electrons. The fraction of sp³-hybridized carbons (Fsp3) is 0.417. The molecule has 0 amide bonds. The molecule has 1 rings (SSSR count). The standard InChI is InChI=1S/C12H16F2N2S2/c1-3-8(2)15-12(17)16-9-4-6-10(7-5-9)18-11(13)14/h4-8,11H,3H2,1-2H3,(H2,15,16,17)/t8-/m0/s1. The molecule has 1 aromatic rings. The Balaban J connectivity index is 2.50. The molecular formula is C12H16F2N2S2.